The highest BCUT2D eigenvalue weighted by Gasteiger charge is 2.27. The molecule has 1 N–H and O–H groups in total. The third-order valence-electron chi connectivity index (χ3n) is 4.31. The molecular weight excluding hydrogens is 320 g/mol. The fourth-order valence-corrected chi connectivity index (χ4v) is 3.02. The average molecular weight is 340 g/mol. The van der Waals surface area contributed by atoms with Crippen molar-refractivity contribution in [3.63, 3.8) is 0 Å². The Morgan fingerprint density at radius 1 is 1.16 bits per heavy atom. The first kappa shape index (κ1) is 16.9. The summed E-state index contributed by atoms with van der Waals surface area (Å²) in [5.74, 6) is 0.117. The highest BCUT2D eigenvalue weighted by molar-refractivity contribution is 5.93. The molecule has 1 fully saturated rings. The summed E-state index contributed by atoms with van der Waals surface area (Å²) in [5.41, 5.74) is 2.26. The van der Waals surface area contributed by atoms with Crippen molar-refractivity contribution in [2.24, 2.45) is 0 Å². The second-order valence-electron chi connectivity index (χ2n) is 6.00. The molecule has 0 bridgehead atoms. The van der Waals surface area contributed by atoms with Crippen LogP contribution in [0.2, 0.25) is 0 Å². The Morgan fingerprint density at radius 3 is 2.60 bits per heavy atom. The van der Waals surface area contributed by atoms with Crippen molar-refractivity contribution in [3.05, 3.63) is 47.8 Å². The van der Waals surface area contributed by atoms with E-state index in [1.165, 1.54) is 19.3 Å². The van der Waals surface area contributed by atoms with E-state index in [-0.39, 0.29) is 17.7 Å². The van der Waals surface area contributed by atoms with E-state index in [1.807, 2.05) is 4.90 Å². The normalized spacial score (nSPS) is 15.0. The molecule has 1 aliphatic rings. The molecule has 2 aromatic rings. The van der Waals surface area contributed by atoms with E-state index in [9.17, 15) is 9.59 Å². The lowest BCUT2D eigenvalue weighted by molar-refractivity contribution is -0.119. The molecule has 2 amide bonds. The van der Waals surface area contributed by atoms with Crippen LogP contribution in [-0.4, -0.2) is 50.0 Å². The maximum atomic E-state index is 12.5. The summed E-state index contributed by atoms with van der Waals surface area (Å²) < 4.78 is 0. The molecule has 130 valence electrons. The van der Waals surface area contributed by atoms with Gasteiger partial charge in [0.05, 0.1) is 35.9 Å². The Morgan fingerprint density at radius 2 is 1.92 bits per heavy atom. The van der Waals surface area contributed by atoms with Crippen molar-refractivity contribution in [1.29, 1.82) is 0 Å². The lowest BCUT2D eigenvalue weighted by atomic mass is 9.91. The number of carbonyl (C=O) groups excluding carboxylic acids is 2. The van der Waals surface area contributed by atoms with Gasteiger partial charge in [-0.15, -0.1) is 0 Å². The number of carbonyl (C=O) groups is 2. The summed E-state index contributed by atoms with van der Waals surface area (Å²) in [7, 11) is 0. The molecule has 0 radical (unpaired) electrons. The number of hydrogen-bond acceptors (Lipinski definition) is 6. The molecular formula is C17H20N6O2. The quantitative estimate of drug-likeness (QED) is 0.888. The molecule has 0 aromatic carbocycles. The Bertz CT molecular complexity index is 744. The smallest absolute Gasteiger partial charge is 0.255 e. The van der Waals surface area contributed by atoms with E-state index in [0.717, 1.165) is 24.2 Å². The third kappa shape index (κ3) is 4.14. The Balaban J connectivity index is 1.65. The first-order valence-corrected chi connectivity index (χ1v) is 8.25. The van der Waals surface area contributed by atoms with Gasteiger partial charge in [0.1, 0.15) is 0 Å². The van der Waals surface area contributed by atoms with Gasteiger partial charge in [0.2, 0.25) is 5.91 Å². The van der Waals surface area contributed by atoms with Crippen LogP contribution in [0.3, 0.4) is 0 Å². The van der Waals surface area contributed by atoms with Gasteiger partial charge in [-0.2, -0.15) is 10.2 Å². The number of rotatable bonds is 4. The highest BCUT2D eigenvalue weighted by Crippen LogP contribution is 2.28. The summed E-state index contributed by atoms with van der Waals surface area (Å²) in [5, 5.41) is 10.2. The number of amides is 2. The Hall–Kier alpha value is -2.90. The predicted octanol–water partition coefficient (Wildman–Crippen LogP) is 0.922. The van der Waals surface area contributed by atoms with Crippen LogP contribution in [0.5, 0.6) is 0 Å². The van der Waals surface area contributed by atoms with E-state index in [2.05, 4.69) is 25.5 Å². The van der Waals surface area contributed by atoms with E-state index in [0.29, 0.717) is 25.2 Å². The van der Waals surface area contributed by atoms with E-state index < -0.39 is 0 Å². The van der Waals surface area contributed by atoms with Crippen LogP contribution in [0.4, 0.5) is 0 Å². The zero-order valence-electron chi connectivity index (χ0n) is 14.1. The predicted molar refractivity (Wildman–Crippen MR) is 89.5 cm³/mol. The van der Waals surface area contributed by atoms with Gasteiger partial charge in [-0.25, -0.2) is 0 Å². The third-order valence-corrected chi connectivity index (χ3v) is 4.31. The number of aromatic nitrogens is 4. The van der Waals surface area contributed by atoms with Crippen LogP contribution < -0.4 is 5.32 Å². The van der Waals surface area contributed by atoms with Gasteiger partial charge in [-0.05, 0) is 18.9 Å². The molecule has 8 nitrogen and oxygen atoms in total. The summed E-state index contributed by atoms with van der Waals surface area (Å²) in [6, 6.07) is 1.68. The number of nitrogens with one attached hydrogen (secondary N) is 1. The van der Waals surface area contributed by atoms with Crippen molar-refractivity contribution in [2.75, 3.05) is 13.1 Å². The second-order valence-corrected chi connectivity index (χ2v) is 6.00. The van der Waals surface area contributed by atoms with Crippen molar-refractivity contribution < 1.29 is 9.59 Å². The van der Waals surface area contributed by atoms with Gasteiger partial charge < -0.3 is 10.2 Å². The maximum Gasteiger partial charge on any atom is 0.255 e. The SMILES string of the molecule is CC(=O)NCc1nccnc1C1CCN(C(=O)c2ccnnc2)CC1. The van der Waals surface area contributed by atoms with Gasteiger partial charge in [0, 0.05) is 38.3 Å². The van der Waals surface area contributed by atoms with E-state index >= 15 is 0 Å². The molecule has 0 atom stereocenters. The fraction of sp³-hybridized carbons (Fsp3) is 0.412. The minimum atomic E-state index is -0.0945. The fourth-order valence-electron chi connectivity index (χ4n) is 3.02. The zero-order chi connectivity index (χ0) is 17.6. The largest absolute Gasteiger partial charge is 0.351 e. The first-order chi connectivity index (χ1) is 12.1. The topological polar surface area (TPSA) is 101 Å². The average Bonchev–Trinajstić information content (AvgIpc) is 2.67. The van der Waals surface area contributed by atoms with Crippen LogP contribution in [0.1, 0.15) is 47.4 Å². The Kier molecular flexibility index (Phi) is 5.27. The van der Waals surface area contributed by atoms with Crippen molar-refractivity contribution in [2.45, 2.75) is 32.2 Å². The van der Waals surface area contributed by atoms with Crippen molar-refractivity contribution in [1.82, 2.24) is 30.4 Å². The van der Waals surface area contributed by atoms with Gasteiger partial charge in [0.15, 0.2) is 0 Å². The molecule has 1 aliphatic heterocycles. The molecule has 0 spiro atoms. The molecule has 0 unspecified atom stereocenters. The molecule has 2 aromatic heterocycles. The molecule has 3 rings (SSSR count). The molecule has 1 saturated heterocycles. The van der Waals surface area contributed by atoms with E-state index in [4.69, 9.17) is 0 Å². The number of piperidine rings is 1. The van der Waals surface area contributed by atoms with Gasteiger partial charge in [0.25, 0.3) is 5.91 Å². The first-order valence-electron chi connectivity index (χ1n) is 8.25. The highest BCUT2D eigenvalue weighted by atomic mass is 16.2. The molecule has 0 aliphatic carbocycles. The lowest BCUT2D eigenvalue weighted by Gasteiger charge is -2.32. The summed E-state index contributed by atoms with van der Waals surface area (Å²) in [6.07, 6.45) is 7.95. The number of likely N-dealkylation sites (tertiary alicyclic amines) is 1. The summed E-state index contributed by atoms with van der Waals surface area (Å²) in [4.78, 5) is 34.3. The second kappa shape index (κ2) is 7.78. The monoisotopic (exact) mass is 340 g/mol. The van der Waals surface area contributed by atoms with Crippen LogP contribution in [0.15, 0.2) is 30.9 Å². The van der Waals surface area contributed by atoms with Gasteiger partial charge >= 0.3 is 0 Å². The minimum absolute atomic E-state index is 0.0223. The Labute approximate surface area is 145 Å². The number of nitrogens with zero attached hydrogens (tertiary/aromatic N) is 5. The number of hydrogen-bond donors (Lipinski definition) is 1. The van der Waals surface area contributed by atoms with Crippen LogP contribution >= 0.6 is 0 Å². The van der Waals surface area contributed by atoms with Crippen LogP contribution in [0, 0.1) is 0 Å². The molecule has 3 heterocycles. The van der Waals surface area contributed by atoms with Crippen LogP contribution in [0.25, 0.3) is 0 Å². The van der Waals surface area contributed by atoms with Crippen LogP contribution in [-0.2, 0) is 11.3 Å². The van der Waals surface area contributed by atoms with Gasteiger partial charge in [-0.3, -0.25) is 19.6 Å². The van der Waals surface area contributed by atoms with Gasteiger partial charge in [-0.1, -0.05) is 0 Å². The van der Waals surface area contributed by atoms with E-state index in [1.54, 1.807) is 18.5 Å². The maximum absolute atomic E-state index is 12.5. The molecule has 8 heteroatoms. The molecule has 0 saturated carbocycles. The lowest BCUT2D eigenvalue weighted by Crippen LogP contribution is -2.38. The zero-order valence-corrected chi connectivity index (χ0v) is 14.1. The van der Waals surface area contributed by atoms with Crippen molar-refractivity contribution >= 4 is 11.8 Å². The standard InChI is InChI=1S/C17H20N6O2/c1-12(24)20-11-15-16(19-7-6-18-15)13-3-8-23(9-4-13)17(25)14-2-5-21-22-10-14/h2,5-7,10,13H,3-4,8-9,11H2,1H3,(H,20,24). The van der Waals surface area contributed by atoms with Crippen molar-refractivity contribution in [3.8, 4) is 0 Å². The minimum Gasteiger partial charge on any atom is -0.351 e. The molecule has 25 heavy (non-hydrogen) atoms. The summed E-state index contributed by atoms with van der Waals surface area (Å²) >= 11 is 0. The summed E-state index contributed by atoms with van der Waals surface area (Å²) in [6.45, 7) is 3.17.